The molecule has 0 aromatic rings. The molecule has 0 bridgehead atoms. The third kappa shape index (κ3) is 0.748. The predicted molar refractivity (Wildman–Crippen MR) is 29.4 cm³/mol. The van der Waals surface area contributed by atoms with Crippen LogP contribution in [0.2, 0.25) is 0 Å². The maximum Gasteiger partial charge on any atom is 0.256 e. The van der Waals surface area contributed by atoms with E-state index in [2.05, 4.69) is 0 Å². The second kappa shape index (κ2) is 1.45. The van der Waals surface area contributed by atoms with Gasteiger partial charge in [-0.25, -0.2) is 8.78 Å². The molecule has 0 spiro atoms. The number of halogens is 2. The molecule has 54 valence electrons. The average molecular weight is 136 g/mol. The largest absolute Gasteiger partial charge is 0.393 e. The zero-order chi connectivity index (χ0) is 7.28. The highest BCUT2D eigenvalue weighted by Gasteiger charge is 2.70. The van der Waals surface area contributed by atoms with E-state index < -0.39 is 17.4 Å². The van der Waals surface area contributed by atoms with Gasteiger partial charge in [-0.3, -0.25) is 0 Å². The average Bonchev–Trinajstić information content (AvgIpc) is 2.08. The van der Waals surface area contributed by atoms with E-state index in [0.29, 0.717) is 0 Å². The molecule has 1 rings (SSSR count). The van der Waals surface area contributed by atoms with Crippen LogP contribution in [0.3, 0.4) is 0 Å². The van der Waals surface area contributed by atoms with E-state index >= 15 is 0 Å². The Balaban J connectivity index is 2.63. The highest BCUT2D eigenvalue weighted by Crippen LogP contribution is 2.62. The first-order valence-electron chi connectivity index (χ1n) is 2.96. The molecule has 1 aliphatic rings. The maximum absolute atomic E-state index is 12.3. The van der Waals surface area contributed by atoms with Gasteiger partial charge in [0.2, 0.25) is 0 Å². The minimum absolute atomic E-state index is 0.169. The molecule has 0 saturated heterocycles. The first-order chi connectivity index (χ1) is 3.90. The van der Waals surface area contributed by atoms with Gasteiger partial charge in [0.25, 0.3) is 5.92 Å². The van der Waals surface area contributed by atoms with E-state index in [9.17, 15) is 8.78 Å². The van der Waals surface area contributed by atoms with Gasteiger partial charge in [0.05, 0.1) is 11.5 Å². The molecule has 0 amide bonds. The van der Waals surface area contributed by atoms with Crippen molar-refractivity contribution in [2.24, 2.45) is 5.41 Å². The second-order valence-electron chi connectivity index (χ2n) is 2.97. The van der Waals surface area contributed by atoms with E-state index in [1.807, 2.05) is 0 Å². The SMILES string of the molecule is CC(O)C1(C)CC1(F)F. The van der Waals surface area contributed by atoms with Gasteiger partial charge in [-0.05, 0) is 6.92 Å². The summed E-state index contributed by atoms with van der Waals surface area (Å²) in [5.74, 6) is -2.62. The topological polar surface area (TPSA) is 20.2 Å². The Morgan fingerprint density at radius 1 is 1.56 bits per heavy atom. The van der Waals surface area contributed by atoms with Crippen LogP contribution in [-0.4, -0.2) is 17.1 Å². The van der Waals surface area contributed by atoms with Crippen LogP contribution in [0.15, 0.2) is 0 Å². The number of rotatable bonds is 1. The summed E-state index contributed by atoms with van der Waals surface area (Å²) in [7, 11) is 0. The monoisotopic (exact) mass is 136 g/mol. The first kappa shape index (κ1) is 6.93. The second-order valence-corrected chi connectivity index (χ2v) is 2.97. The van der Waals surface area contributed by atoms with Crippen molar-refractivity contribution < 1.29 is 13.9 Å². The molecule has 1 nitrogen and oxygen atoms in total. The van der Waals surface area contributed by atoms with Crippen molar-refractivity contribution in [3.05, 3.63) is 0 Å². The van der Waals surface area contributed by atoms with Gasteiger partial charge in [-0.15, -0.1) is 0 Å². The number of hydrogen-bond donors (Lipinski definition) is 1. The van der Waals surface area contributed by atoms with E-state index in [4.69, 9.17) is 5.11 Å². The summed E-state index contributed by atoms with van der Waals surface area (Å²) in [6.07, 6.45) is -1.06. The Morgan fingerprint density at radius 3 is 1.89 bits per heavy atom. The van der Waals surface area contributed by atoms with E-state index in [-0.39, 0.29) is 6.42 Å². The molecule has 1 fully saturated rings. The zero-order valence-corrected chi connectivity index (χ0v) is 5.49. The standard InChI is InChI=1S/C6H10F2O/c1-4(9)5(2)3-6(5,7)8/h4,9H,3H2,1-2H3. The summed E-state index contributed by atoms with van der Waals surface area (Å²) in [5.41, 5.74) is -1.13. The molecule has 2 atom stereocenters. The molecule has 3 heteroatoms. The molecular weight excluding hydrogens is 126 g/mol. The van der Waals surface area contributed by atoms with Crippen LogP contribution in [0.1, 0.15) is 20.3 Å². The number of alkyl halides is 2. The van der Waals surface area contributed by atoms with Crippen molar-refractivity contribution >= 4 is 0 Å². The van der Waals surface area contributed by atoms with Gasteiger partial charge in [0.15, 0.2) is 0 Å². The lowest BCUT2D eigenvalue weighted by Crippen LogP contribution is -2.20. The van der Waals surface area contributed by atoms with Crippen LogP contribution in [0, 0.1) is 5.41 Å². The molecule has 1 saturated carbocycles. The van der Waals surface area contributed by atoms with Crippen molar-refractivity contribution in [2.45, 2.75) is 32.3 Å². The number of aliphatic hydroxyl groups is 1. The highest BCUT2D eigenvalue weighted by molar-refractivity contribution is 5.09. The van der Waals surface area contributed by atoms with Crippen LogP contribution >= 0.6 is 0 Å². The lowest BCUT2D eigenvalue weighted by molar-refractivity contribution is 0.00935. The van der Waals surface area contributed by atoms with Gasteiger partial charge in [0, 0.05) is 6.42 Å². The van der Waals surface area contributed by atoms with Crippen LogP contribution in [0.4, 0.5) is 8.78 Å². The smallest absolute Gasteiger partial charge is 0.256 e. The van der Waals surface area contributed by atoms with E-state index in [1.54, 1.807) is 0 Å². The molecule has 2 unspecified atom stereocenters. The minimum atomic E-state index is -2.62. The fourth-order valence-electron chi connectivity index (χ4n) is 0.870. The minimum Gasteiger partial charge on any atom is -0.393 e. The number of aliphatic hydroxyl groups excluding tert-OH is 1. The molecule has 9 heavy (non-hydrogen) atoms. The third-order valence-corrected chi connectivity index (χ3v) is 2.22. The van der Waals surface area contributed by atoms with Crippen molar-refractivity contribution in [2.75, 3.05) is 0 Å². The van der Waals surface area contributed by atoms with Crippen LogP contribution < -0.4 is 0 Å². The van der Waals surface area contributed by atoms with Crippen LogP contribution in [0.5, 0.6) is 0 Å². The fraction of sp³-hybridized carbons (Fsp3) is 1.00. The van der Waals surface area contributed by atoms with Gasteiger partial charge < -0.3 is 5.11 Å². The molecule has 0 aromatic carbocycles. The molecule has 1 N–H and O–H groups in total. The highest BCUT2D eigenvalue weighted by atomic mass is 19.3. The predicted octanol–water partition coefficient (Wildman–Crippen LogP) is 1.41. The zero-order valence-electron chi connectivity index (χ0n) is 5.49. The van der Waals surface area contributed by atoms with Crippen LogP contribution in [-0.2, 0) is 0 Å². The van der Waals surface area contributed by atoms with Crippen molar-refractivity contribution in [1.29, 1.82) is 0 Å². The summed E-state index contributed by atoms with van der Waals surface area (Å²) >= 11 is 0. The third-order valence-electron chi connectivity index (χ3n) is 2.22. The molecule has 0 aromatic heterocycles. The summed E-state index contributed by atoms with van der Waals surface area (Å²) in [4.78, 5) is 0. The summed E-state index contributed by atoms with van der Waals surface area (Å²) in [6, 6.07) is 0. The molecular formula is C6H10F2O. The van der Waals surface area contributed by atoms with E-state index in [1.165, 1.54) is 13.8 Å². The van der Waals surface area contributed by atoms with Gasteiger partial charge in [-0.2, -0.15) is 0 Å². The molecule has 0 radical (unpaired) electrons. The summed E-state index contributed by atoms with van der Waals surface area (Å²) in [5, 5.41) is 8.81. The number of hydrogen-bond acceptors (Lipinski definition) is 1. The lowest BCUT2D eigenvalue weighted by Gasteiger charge is -2.11. The van der Waals surface area contributed by atoms with E-state index in [0.717, 1.165) is 0 Å². The Hall–Kier alpha value is -0.180. The molecule has 0 heterocycles. The normalized spacial score (nSPS) is 42.3. The van der Waals surface area contributed by atoms with Crippen molar-refractivity contribution in [3.8, 4) is 0 Å². The summed E-state index contributed by atoms with van der Waals surface area (Å²) in [6.45, 7) is 2.80. The quantitative estimate of drug-likeness (QED) is 0.577. The Morgan fingerprint density at radius 2 is 1.89 bits per heavy atom. The fourth-order valence-corrected chi connectivity index (χ4v) is 0.870. The summed E-state index contributed by atoms with van der Waals surface area (Å²) < 4.78 is 24.5. The van der Waals surface area contributed by atoms with Crippen molar-refractivity contribution in [1.82, 2.24) is 0 Å². The first-order valence-corrected chi connectivity index (χ1v) is 2.96. The maximum atomic E-state index is 12.3. The molecule has 1 aliphatic carbocycles. The van der Waals surface area contributed by atoms with Gasteiger partial charge in [-0.1, -0.05) is 6.92 Å². The molecule has 0 aliphatic heterocycles. The Bertz CT molecular complexity index is 133. The Labute approximate surface area is 52.7 Å². The lowest BCUT2D eigenvalue weighted by atomic mass is 10.0. The van der Waals surface area contributed by atoms with Gasteiger partial charge >= 0.3 is 0 Å². The van der Waals surface area contributed by atoms with Gasteiger partial charge in [0.1, 0.15) is 0 Å². The van der Waals surface area contributed by atoms with Crippen LogP contribution in [0.25, 0.3) is 0 Å². The Kier molecular flexibility index (Phi) is 1.12. The van der Waals surface area contributed by atoms with Crippen molar-refractivity contribution in [3.63, 3.8) is 0 Å².